The van der Waals surface area contributed by atoms with Gasteiger partial charge in [-0.05, 0) is 37.1 Å². The molecule has 0 radical (unpaired) electrons. The summed E-state index contributed by atoms with van der Waals surface area (Å²) >= 11 is 0. The minimum absolute atomic E-state index is 0.139. The number of nitrogens with one attached hydrogen (secondary N) is 1. The molecule has 0 saturated heterocycles. The van der Waals surface area contributed by atoms with Gasteiger partial charge in [-0.15, -0.1) is 0 Å². The summed E-state index contributed by atoms with van der Waals surface area (Å²) in [7, 11) is 0. The van der Waals surface area contributed by atoms with Gasteiger partial charge >= 0.3 is 0 Å². The van der Waals surface area contributed by atoms with Crippen LogP contribution >= 0.6 is 0 Å². The minimum Gasteiger partial charge on any atom is -0.508 e. The molecule has 0 bridgehead atoms. The number of amides is 1. The summed E-state index contributed by atoms with van der Waals surface area (Å²) in [4.78, 5) is 16.0. The highest BCUT2D eigenvalue weighted by atomic mass is 16.3. The van der Waals surface area contributed by atoms with E-state index < -0.39 is 0 Å². The molecular weight excluding hydrogens is 240 g/mol. The first kappa shape index (κ1) is 13.1. The summed E-state index contributed by atoms with van der Waals surface area (Å²) in [5, 5.41) is 12.4. The van der Waals surface area contributed by atoms with E-state index in [9.17, 15) is 9.90 Å². The minimum atomic E-state index is -0.169. The van der Waals surface area contributed by atoms with Gasteiger partial charge in [0.25, 0.3) is 5.91 Å². The Morgan fingerprint density at radius 2 is 2.16 bits per heavy atom. The third kappa shape index (κ3) is 3.31. The van der Waals surface area contributed by atoms with Crippen LogP contribution in [0.4, 0.5) is 0 Å². The van der Waals surface area contributed by atoms with Crippen molar-refractivity contribution in [3.8, 4) is 5.75 Å². The van der Waals surface area contributed by atoms with E-state index >= 15 is 0 Å². The van der Waals surface area contributed by atoms with Crippen LogP contribution in [-0.4, -0.2) is 22.5 Å². The van der Waals surface area contributed by atoms with Gasteiger partial charge in [0, 0.05) is 30.1 Å². The number of phenolic OH excluding ortho intramolecular Hbond substituents is 1. The smallest absolute Gasteiger partial charge is 0.251 e. The molecule has 0 aliphatic rings. The summed E-state index contributed by atoms with van der Waals surface area (Å²) in [5.74, 6) is -0.0304. The Morgan fingerprint density at radius 3 is 2.89 bits per heavy atom. The van der Waals surface area contributed by atoms with Crippen LogP contribution in [0.25, 0.3) is 0 Å². The Bertz CT molecular complexity index is 568. The first-order chi connectivity index (χ1) is 9.18. The van der Waals surface area contributed by atoms with Gasteiger partial charge in [0.1, 0.15) is 5.75 Å². The van der Waals surface area contributed by atoms with Crippen molar-refractivity contribution in [2.75, 3.05) is 6.54 Å². The summed E-state index contributed by atoms with van der Waals surface area (Å²) in [6.45, 7) is 2.27. The number of benzene rings is 1. The maximum atomic E-state index is 12.0. The zero-order chi connectivity index (χ0) is 13.7. The van der Waals surface area contributed by atoms with Crippen molar-refractivity contribution in [1.82, 2.24) is 10.3 Å². The molecule has 2 rings (SSSR count). The number of hydrogen-bond acceptors (Lipinski definition) is 3. The molecule has 2 N–H and O–H groups in total. The van der Waals surface area contributed by atoms with Crippen LogP contribution in [0.1, 0.15) is 21.5 Å². The SMILES string of the molecule is Cc1c(O)cccc1C(=O)NCCc1cccnc1. The Balaban J connectivity index is 1.93. The van der Waals surface area contributed by atoms with Crippen LogP contribution in [0.5, 0.6) is 5.75 Å². The van der Waals surface area contributed by atoms with Gasteiger partial charge in [-0.3, -0.25) is 9.78 Å². The molecule has 0 spiro atoms. The topological polar surface area (TPSA) is 62.2 Å². The summed E-state index contributed by atoms with van der Waals surface area (Å²) in [5.41, 5.74) is 2.18. The molecule has 0 fully saturated rings. The van der Waals surface area contributed by atoms with E-state index in [0.717, 1.165) is 12.0 Å². The van der Waals surface area contributed by atoms with Crippen LogP contribution in [0.2, 0.25) is 0 Å². The van der Waals surface area contributed by atoms with Crippen molar-refractivity contribution in [2.45, 2.75) is 13.3 Å². The predicted octanol–water partition coefficient (Wildman–Crippen LogP) is 2.07. The highest BCUT2D eigenvalue weighted by molar-refractivity contribution is 5.96. The molecular formula is C15H16N2O2. The molecule has 2 aromatic rings. The monoisotopic (exact) mass is 256 g/mol. The molecule has 4 heteroatoms. The maximum absolute atomic E-state index is 12.0. The van der Waals surface area contributed by atoms with Gasteiger partial charge in [-0.25, -0.2) is 0 Å². The van der Waals surface area contributed by atoms with Gasteiger partial charge in [0.15, 0.2) is 0 Å². The van der Waals surface area contributed by atoms with Crippen LogP contribution in [0.15, 0.2) is 42.7 Å². The number of nitrogens with zero attached hydrogens (tertiary/aromatic N) is 1. The number of rotatable bonds is 4. The average molecular weight is 256 g/mol. The number of carbonyl (C=O) groups excluding carboxylic acids is 1. The Morgan fingerprint density at radius 1 is 1.32 bits per heavy atom. The van der Waals surface area contributed by atoms with E-state index in [-0.39, 0.29) is 11.7 Å². The molecule has 19 heavy (non-hydrogen) atoms. The number of pyridine rings is 1. The van der Waals surface area contributed by atoms with Gasteiger partial charge in [-0.1, -0.05) is 12.1 Å². The molecule has 0 aliphatic carbocycles. The summed E-state index contributed by atoms with van der Waals surface area (Å²) < 4.78 is 0. The molecule has 4 nitrogen and oxygen atoms in total. The molecule has 1 amide bonds. The van der Waals surface area contributed by atoms with Crippen LogP contribution in [0, 0.1) is 6.92 Å². The van der Waals surface area contributed by atoms with E-state index in [1.54, 1.807) is 37.5 Å². The van der Waals surface area contributed by atoms with E-state index in [1.807, 2.05) is 12.1 Å². The fourth-order valence-electron chi connectivity index (χ4n) is 1.83. The lowest BCUT2D eigenvalue weighted by Crippen LogP contribution is -2.26. The number of carbonyl (C=O) groups is 1. The van der Waals surface area contributed by atoms with Crippen molar-refractivity contribution in [3.63, 3.8) is 0 Å². The summed E-state index contributed by atoms with van der Waals surface area (Å²) in [6, 6.07) is 8.78. The van der Waals surface area contributed by atoms with E-state index in [4.69, 9.17) is 0 Å². The van der Waals surface area contributed by atoms with E-state index in [1.165, 1.54) is 0 Å². The first-order valence-corrected chi connectivity index (χ1v) is 6.14. The average Bonchev–Trinajstić information content (AvgIpc) is 2.43. The second kappa shape index (κ2) is 6.00. The molecule has 0 aliphatic heterocycles. The fraction of sp³-hybridized carbons (Fsp3) is 0.200. The third-order valence-electron chi connectivity index (χ3n) is 2.97. The lowest BCUT2D eigenvalue weighted by Gasteiger charge is -2.08. The first-order valence-electron chi connectivity index (χ1n) is 6.14. The van der Waals surface area contributed by atoms with E-state index in [2.05, 4.69) is 10.3 Å². The lowest BCUT2D eigenvalue weighted by molar-refractivity contribution is 0.0953. The lowest BCUT2D eigenvalue weighted by atomic mass is 10.1. The summed E-state index contributed by atoms with van der Waals surface area (Å²) in [6.07, 6.45) is 4.24. The van der Waals surface area contributed by atoms with Gasteiger partial charge in [0.05, 0.1) is 0 Å². The van der Waals surface area contributed by atoms with Crippen molar-refractivity contribution in [1.29, 1.82) is 0 Å². The largest absolute Gasteiger partial charge is 0.508 e. The zero-order valence-electron chi connectivity index (χ0n) is 10.8. The fourth-order valence-corrected chi connectivity index (χ4v) is 1.83. The zero-order valence-corrected chi connectivity index (χ0v) is 10.8. The second-order valence-corrected chi connectivity index (χ2v) is 4.32. The number of aromatic hydroxyl groups is 1. The standard InChI is InChI=1S/C15H16N2O2/c1-11-13(5-2-6-14(11)18)15(19)17-9-7-12-4-3-8-16-10-12/h2-6,8,10,18H,7,9H2,1H3,(H,17,19). The molecule has 98 valence electrons. The third-order valence-corrected chi connectivity index (χ3v) is 2.97. The molecule has 1 heterocycles. The maximum Gasteiger partial charge on any atom is 0.251 e. The van der Waals surface area contributed by atoms with Crippen molar-refractivity contribution in [3.05, 3.63) is 59.4 Å². The van der Waals surface area contributed by atoms with Gasteiger partial charge in [0.2, 0.25) is 0 Å². The van der Waals surface area contributed by atoms with Crippen LogP contribution in [0.3, 0.4) is 0 Å². The van der Waals surface area contributed by atoms with Crippen molar-refractivity contribution in [2.24, 2.45) is 0 Å². The van der Waals surface area contributed by atoms with E-state index in [0.29, 0.717) is 17.7 Å². The Labute approximate surface area is 112 Å². The predicted molar refractivity (Wildman–Crippen MR) is 73.1 cm³/mol. The molecule has 1 aromatic carbocycles. The van der Waals surface area contributed by atoms with Crippen LogP contribution < -0.4 is 5.32 Å². The van der Waals surface area contributed by atoms with Gasteiger partial charge in [-0.2, -0.15) is 0 Å². The molecule has 1 aromatic heterocycles. The highest BCUT2D eigenvalue weighted by Crippen LogP contribution is 2.19. The molecule has 0 saturated carbocycles. The second-order valence-electron chi connectivity index (χ2n) is 4.32. The number of aromatic nitrogens is 1. The Hall–Kier alpha value is -2.36. The highest BCUT2D eigenvalue weighted by Gasteiger charge is 2.10. The van der Waals surface area contributed by atoms with Crippen molar-refractivity contribution >= 4 is 5.91 Å². The van der Waals surface area contributed by atoms with Crippen LogP contribution in [-0.2, 0) is 6.42 Å². The Kier molecular flexibility index (Phi) is 4.13. The normalized spacial score (nSPS) is 10.2. The molecule has 0 unspecified atom stereocenters. The van der Waals surface area contributed by atoms with Gasteiger partial charge < -0.3 is 10.4 Å². The quantitative estimate of drug-likeness (QED) is 0.880. The number of phenols is 1. The number of hydrogen-bond donors (Lipinski definition) is 2. The van der Waals surface area contributed by atoms with Crippen molar-refractivity contribution < 1.29 is 9.90 Å². The molecule has 0 atom stereocenters.